The Bertz CT molecular complexity index is 2040. The molecule has 0 aromatic heterocycles. The van der Waals surface area contributed by atoms with Crippen molar-refractivity contribution in [3.8, 4) is 12.1 Å². The Labute approximate surface area is 372 Å². The van der Waals surface area contributed by atoms with Crippen LogP contribution in [0.1, 0.15) is 55.2 Å². The van der Waals surface area contributed by atoms with Gasteiger partial charge in [0, 0.05) is 67.7 Å². The number of rotatable bonds is 12. The van der Waals surface area contributed by atoms with Crippen molar-refractivity contribution in [2.75, 3.05) is 0 Å². The van der Waals surface area contributed by atoms with Crippen molar-refractivity contribution in [2.45, 2.75) is 163 Å². The van der Waals surface area contributed by atoms with E-state index in [9.17, 15) is 10.5 Å². The Hall–Kier alpha value is -1.24. The highest BCUT2D eigenvalue weighted by Gasteiger charge is 2.62. The number of hydrogen-bond acceptors (Lipinski definition) is 2. The highest BCUT2D eigenvalue weighted by Crippen LogP contribution is 2.67. The van der Waals surface area contributed by atoms with Gasteiger partial charge in [0.25, 0.3) is 0 Å². The van der Waals surface area contributed by atoms with Crippen molar-refractivity contribution in [3.63, 3.8) is 0 Å². The molecule has 3 aliphatic carbocycles. The second-order valence-corrected chi connectivity index (χ2v) is 68.1. The van der Waals surface area contributed by atoms with Gasteiger partial charge in [0.1, 0.15) is 0 Å². The Kier molecular flexibility index (Phi) is 13.0. The second kappa shape index (κ2) is 15.8. The molecule has 0 aliphatic heterocycles. The van der Waals surface area contributed by atoms with E-state index in [4.69, 9.17) is 0 Å². The SMILES string of the molecule is C[Si](C)(C)C(c1cc(C([Si](C)(C)C)([Si](C)(C)C)[Si](C)(C)C)cc(C([Si](C)(C)C)[Si](C)(C)C)c1P=PC12c3ccccc3C(c3ccccc31)[C@H](C#N)[C@@H]2C#N)[Si](C)(C)C. The minimum absolute atomic E-state index is 0.0691. The molecule has 11 heteroatoms. The van der Waals surface area contributed by atoms with Crippen molar-refractivity contribution in [2.24, 2.45) is 11.8 Å². The molecule has 3 aromatic carbocycles. The van der Waals surface area contributed by atoms with Gasteiger partial charge in [0.2, 0.25) is 0 Å². The van der Waals surface area contributed by atoms with E-state index in [2.05, 4.69) is 210 Å². The smallest absolute Gasteiger partial charge is 0.0848 e. The first-order chi connectivity index (χ1) is 26.7. The third-order valence-electron chi connectivity index (χ3n) is 14.2. The Balaban J connectivity index is 2.12. The molecule has 3 aromatic rings. The fourth-order valence-electron chi connectivity index (χ4n) is 14.9. The molecule has 59 heavy (non-hydrogen) atoms. The highest BCUT2D eigenvalue weighted by atomic mass is 31.7. The maximum Gasteiger partial charge on any atom is 0.0848 e. The van der Waals surface area contributed by atoms with Gasteiger partial charge < -0.3 is 0 Å². The summed E-state index contributed by atoms with van der Waals surface area (Å²) in [5.41, 5.74) is 10.2. The summed E-state index contributed by atoms with van der Waals surface area (Å²) in [6, 6.07) is 29.2. The zero-order valence-corrected chi connectivity index (χ0v) is 49.7. The Morgan fingerprint density at radius 3 is 1.20 bits per heavy atom. The molecule has 0 N–H and O–H groups in total. The van der Waals surface area contributed by atoms with Crippen molar-refractivity contribution < 1.29 is 0 Å². The van der Waals surface area contributed by atoms with Gasteiger partial charge >= 0.3 is 0 Å². The maximum atomic E-state index is 11.3. The summed E-state index contributed by atoms with van der Waals surface area (Å²) in [6.07, 6.45) is 0. The van der Waals surface area contributed by atoms with Crippen LogP contribution in [-0.4, -0.2) is 56.5 Å². The van der Waals surface area contributed by atoms with E-state index < -0.39 is 67.6 Å². The zero-order chi connectivity index (χ0) is 44.9. The van der Waals surface area contributed by atoms with Crippen molar-refractivity contribution in [1.82, 2.24) is 0 Å². The van der Waals surface area contributed by atoms with Crippen molar-refractivity contribution >= 4 is 77.6 Å². The molecular formula is C48H78N2P2Si7. The lowest BCUT2D eigenvalue weighted by atomic mass is 9.54. The fourth-order valence-corrected chi connectivity index (χ4v) is 75.2. The summed E-state index contributed by atoms with van der Waals surface area (Å²) in [5, 5.41) is 24.5. The van der Waals surface area contributed by atoms with E-state index >= 15 is 0 Å². The van der Waals surface area contributed by atoms with Crippen molar-refractivity contribution in [1.29, 1.82) is 10.5 Å². The molecule has 318 valence electrons. The van der Waals surface area contributed by atoms with Crippen LogP contribution >= 0.6 is 15.7 Å². The van der Waals surface area contributed by atoms with Crippen LogP contribution < -0.4 is 5.30 Å². The standard InChI is InChI=1S/C48H78N2P2Si7/c1-53(2,3)45(54(4,5)6)37-30-34(48(57(13,14)15,58(16,17)18)59(19,20)21)31-38(46(55(7,8)9)56(10,11)12)44(37)51-52-47-40-28-24-22-26-35(40)43(39(32-49)42(47)33-50)36-27-23-25-29-41(36)47/h22-31,39,42-43,45-46H,1-21H3/t39-,42+,43?,47?/m1/s1. The van der Waals surface area contributed by atoms with Gasteiger partial charge in [-0.2, -0.15) is 10.5 Å². The van der Waals surface area contributed by atoms with Gasteiger partial charge in [-0.3, -0.25) is 0 Å². The predicted molar refractivity (Wildman–Crippen MR) is 284 cm³/mol. The molecule has 0 fully saturated rings. The Morgan fingerprint density at radius 2 is 0.898 bits per heavy atom. The van der Waals surface area contributed by atoms with Crippen LogP contribution in [0.3, 0.4) is 0 Å². The molecule has 2 nitrogen and oxygen atoms in total. The summed E-state index contributed by atoms with van der Waals surface area (Å²) in [5.74, 6) is -0.871. The summed E-state index contributed by atoms with van der Waals surface area (Å²) in [6.45, 7) is 56.4. The molecule has 2 bridgehead atoms. The normalized spacial score (nSPS) is 21.7. The number of benzene rings is 3. The van der Waals surface area contributed by atoms with E-state index in [1.54, 1.807) is 22.0 Å². The first kappa shape index (κ1) is 48.8. The lowest BCUT2D eigenvalue weighted by molar-refractivity contribution is 0.324. The lowest BCUT2D eigenvalue weighted by Gasteiger charge is -2.60. The van der Waals surface area contributed by atoms with Gasteiger partial charge in [-0.25, -0.2) is 0 Å². The third-order valence-corrected chi connectivity index (χ3v) is 57.7. The van der Waals surface area contributed by atoms with Crippen molar-refractivity contribution in [3.05, 3.63) is 99.6 Å². The van der Waals surface area contributed by atoms with Crippen LogP contribution in [0.2, 0.25) is 137 Å². The number of nitriles is 2. The van der Waals surface area contributed by atoms with Crippen LogP contribution in [0.5, 0.6) is 0 Å². The van der Waals surface area contributed by atoms with Gasteiger partial charge in [-0.05, 0) is 61.4 Å². The largest absolute Gasteiger partial charge is 0.198 e. The molecule has 0 heterocycles. The van der Waals surface area contributed by atoms with E-state index in [0.29, 0.717) is 10.3 Å². The van der Waals surface area contributed by atoms with Gasteiger partial charge in [0.15, 0.2) is 0 Å². The quantitative estimate of drug-likeness (QED) is 0.134. The van der Waals surface area contributed by atoms with Gasteiger partial charge in [-0.15, -0.1) is 0 Å². The summed E-state index contributed by atoms with van der Waals surface area (Å²) in [7, 11) is -10.1. The molecule has 0 saturated heterocycles. The molecule has 0 saturated carbocycles. The first-order valence-corrected chi connectivity index (χ1v) is 49.5. The number of fused-ring (bicyclic) bond motifs is 1. The van der Waals surface area contributed by atoms with Crippen LogP contribution in [0.25, 0.3) is 0 Å². The number of hydrogen-bond donors (Lipinski definition) is 0. The molecule has 0 unspecified atom stereocenters. The van der Waals surface area contributed by atoms with Crippen LogP contribution in [0, 0.1) is 34.5 Å². The second-order valence-electron chi connectivity index (χ2n) is 25.7. The average molecular weight is 942 g/mol. The molecule has 2 atom stereocenters. The third kappa shape index (κ3) is 8.01. The minimum Gasteiger partial charge on any atom is -0.198 e. The minimum atomic E-state index is -1.83. The topological polar surface area (TPSA) is 47.6 Å². The molecule has 3 aliphatic rings. The molecule has 0 amide bonds. The fraction of sp³-hybridized carbons (Fsp3) is 0.583. The summed E-state index contributed by atoms with van der Waals surface area (Å²) < 4.78 is 0.265. The van der Waals surface area contributed by atoms with E-state index in [0.717, 1.165) is 0 Å². The van der Waals surface area contributed by atoms with E-state index in [1.807, 2.05) is 0 Å². The van der Waals surface area contributed by atoms with Gasteiger partial charge in [-0.1, -0.05) is 206 Å². The maximum absolute atomic E-state index is 11.3. The first-order valence-electron chi connectivity index (χ1n) is 22.2. The molecular weight excluding hydrogens is 863 g/mol. The monoisotopic (exact) mass is 940 g/mol. The molecule has 0 radical (unpaired) electrons. The Morgan fingerprint density at radius 1 is 0.542 bits per heavy atom. The van der Waals surface area contributed by atoms with E-state index in [-0.39, 0.29) is 16.1 Å². The van der Waals surface area contributed by atoms with Gasteiger partial charge in [0.05, 0.1) is 29.1 Å². The molecule has 0 spiro atoms. The lowest BCUT2D eigenvalue weighted by Crippen LogP contribution is -2.74. The molecule has 6 rings (SSSR count). The van der Waals surface area contributed by atoms with Crippen LogP contribution in [0.4, 0.5) is 0 Å². The zero-order valence-electron chi connectivity index (χ0n) is 40.9. The summed E-state index contributed by atoms with van der Waals surface area (Å²) >= 11 is 0. The average Bonchev–Trinajstić information content (AvgIpc) is 3.03. The van der Waals surface area contributed by atoms with E-state index in [1.165, 1.54) is 38.0 Å². The number of nitrogens with zero attached hydrogens (tertiary/aromatic N) is 2. The highest BCUT2D eigenvalue weighted by molar-refractivity contribution is 7.88. The summed E-state index contributed by atoms with van der Waals surface area (Å²) in [4.78, 5) is 0. The predicted octanol–water partition coefficient (Wildman–Crippen LogP) is 15.3. The van der Waals surface area contributed by atoms with Crippen LogP contribution in [0.15, 0.2) is 60.7 Å². The van der Waals surface area contributed by atoms with Crippen LogP contribution in [-0.2, 0) is 9.44 Å².